The Kier molecular flexibility index (Phi) is 8.23. The smallest absolute Gasteiger partial charge is 0.331 e. The third kappa shape index (κ3) is 7.45. The van der Waals surface area contributed by atoms with Crippen molar-refractivity contribution in [3.63, 3.8) is 0 Å². The first-order valence-electron chi connectivity index (χ1n) is 7.77. The fourth-order valence-electron chi connectivity index (χ4n) is 1.50. The maximum Gasteiger partial charge on any atom is 0.331 e. The van der Waals surface area contributed by atoms with E-state index in [1.165, 1.54) is 0 Å². The number of rotatable bonds is 7. The van der Waals surface area contributed by atoms with Crippen molar-refractivity contribution in [2.45, 2.75) is 60.5 Å². The van der Waals surface area contributed by atoms with Gasteiger partial charge in [-0.05, 0) is 32.6 Å². The van der Waals surface area contributed by atoms with Crippen LogP contribution in [0.5, 0.6) is 0 Å². The minimum Gasteiger partial charge on any atom is -0.427 e. The molecule has 0 fully saturated rings. The monoisotopic (exact) mass is 330 g/mol. The predicted octanol–water partition coefficient (Wildman–Crippen LogP) is 1.20. The second-order valence-corrected chi connectivity index (χ2v) is 7.26. The lowest BCUT2D eigenvalue weighted by molar-refractivity contribution is -0.175. The number of hydrogen-bond acceptors (Lipinski definition) is 6. The summed E-state index contributed by atoms with van der Waals surface area (Å²) in [5, 5.41) is 2.59. The maximum absolute atomic E-state index is 12.1. The molecule has 0 saturated heterocycles. The Balaban J connectivity index is 4.59. The Labute approximate surface area is 138 Å². The van der Waals surface area contributed by atoms with Gasteiger partial charge in [0.05, 0.1) is 11.5 Å². The highest BCUT2D eigenvalue weighted by molar-refractivity contribution is 5.87. The number of hydrogen-bond donors (Lipinski definition) is 2. The SMILES string of the molecule is CC(C)C(N)C(=O)NC(C(=O)OCOC(=O)C(C)(C)C)C(C)C. The summed E-state index contributed by atoms with van der Waals surface area (Å²) in [5.74, 6) is -1.79. The Morgan fingerprint density at radius 1 is 1.00 bits per heavy atom. The third-order valence-corrected chi connectivity index (χ3v) is 3.24. The maximum atomic E-state index is 12.1. The van der Waals surface area contributed by atoms with Crippen molar-refractivity contribution in [1.82, 2.24) is 5.32 Å². The molecule has 2 atom stereocenters. The Bertz CT molecular complexity index is 427. The summed E-state index contributed by atoms with van der Waals surface area (Å²) in [5.41, 5.74) is 5.08. The van der Waals surface area contributed by atoms with E-state index in [1.54, 1.807) is 34.6 Å². The molecule has 0 aliphatic carbocycles. The van der Waals surface area contributed by atoms with Crippen molar-refractivity contribution in [2.24, 2.45) is 23.0 Å². The summed E-state index contributed by atoms with van der Waals surface area (Å²) >= 11 is 0. The van der Waals surface area contributed by atoms with Crippen molar-refractivity contribution in [1.29, 1.82) is 0 Å². The first-order valence-corrected chi connectivity index (χ1v) is 7.77. The van der Waals surface area contributed by atoms with Gasteiger partial charge in [0, 0.05) is 0 Å². The molecule has 0 aliphatic rings. The van der Waals surface area contributed by atoms with E-state index in [1.807, 2.05) is 13.8 Å². The van der Waals surface area contributed by atoms with E-state index >= 15 is 0 Å². The van der Waals surface area contributed by atoms with Gasteiger partial charge in [-0.3, -0.25) is 9.59 Å². The van der Waals surface area contributed by atoms with Gasteiger partial charge in [-0.15, -0.1) is 0 Å². The first-order chi connectivity index (χ1) is 10.4. The molecular formula is C16H30N2O5. The van der Waals surface area contributed by atoms with Crippen LogP contribution >= 0.6 is 0 Å². The topological polar surface area (TPSA) is 108 Å². The summed E-state index contributed by atoms with van der Waals surface area (Å²) in [6, 6.07) is -1.55. The van der Waals surface area contributed by atoms with Gasteiger partial charge < -0.3 is 20.5 Å². The van der Waals surface area contributed by atoms with Gasteiger partial charge in [-0.2, -0.15) is 0 Å². The van der Waals surface area contributed by atoms with E-state index in [2.05, 4.69) is 5.32 Å². The van der Waals surface area contributed by atoms with Crippen LogP contribution in [0.3, 0.4) is 0 Å². The summed E-state index contributed by atoms with van der Waals surface area (Å²) < 4.78 is 9.81. The van der Waals surface area contributed by atoms with Gasteiger partial charge >= 0.3 is 11.9 Å². The average molecular weight is 330 g/mol. The molecule has 23 heavy (non-hydrogen) atoms. The van der Waals surface area contributed by atoms with E-state index in [0.717, 1.165) is 0 Å². The molecule has 0 saturated carbocycles. The highest BCUT2D eigenvalue weighted by Gasteiger charge is 2.29. The minimum absolute atomic E-state index is 0.0495. The fraction of sp³-hybridized carbons (Fsp3) is 0.812. The lowest BCUT2D eigenvalue weighted by Crippen LogP contribution is -2.52. The van der Waals surface area contributed by atoms with Gasteiger partial charge in [-0.1, -0.05) is 27.7 Å². The quantitative estimate of drug-likeness (QED) is 0.536. The van der Waals surface area contributed by atoms with E-state index < -0.39 is 42.1 Å². The van der Waals surface area contributed by atoms with Crippen LogP contribution in [-0.2, 0) is 23.9 Å². The summed E-state index contributed by atoms with van der Waals surface area (Å²) in [4.78, 5) is 35.7. The molecule has 0 aromatic rings. The first kappa shape index (κ1) is 21.4. The van der Waals surface area contributed by atoms with Crippen molar-refractivity contribution in [2.75, 3.05) is 6.79 Å². The number of nitrogens with one attached hydrogen (secondary N) is 1. The molecule has 2 unspecified atom stereocenters. The second-order valence-electron chi connectivity index (χ2n) is 7.26. The summed E-state index contributed by atoms with van der Waals surface area (Å²) in [7, 11) is 0. The van der Waals surface area contributed by atoms with Crippen molar-refractivity contribution < 1.29 is 23.9 Å². The van der Waals surface area contributed by atoms with Crippen molar-refractivity contribution >= 4 is 17.8 Å². The molecule has 7 heteroatoms. The van der Waals surface area contributed by atoms with Gasteiger partial charge in [0.1, 0.15) is 6.04 Å². The molecule has 0 spiro atoms. The van der Waals surface area contributed by atoms with Gasteiger partial charge in [0.25, 0.3) is 0 Å². The molecule has 0 aromatic heterocycles. The molecule has 0 heterocycles. The average Bonchev–Trinajstić information content (AvgIpc) is 2.41. The zero-order valence-electron chi connectivity index (χ0n) is 15.1. The molecule has 1 amide bonds. The number of esters is 2. The number of nitrogens with two attached hydrogens (primary N) is 1. The van der Waals surface area contributed by atoms with Gasteiger partial charge in [-0.25, -0.2) is 4.79 Å². The van der Waals surface area contributed by atoms with Crippen LogP contribution in [-0.4, -0.2) is 36.7 Å². The highest BCUT2D eigenvalue weighted by atomic mass is 16.7. The zero-order chi connectivity index (χ0) is 18.4. The summed E-state index contributed by atoms with van der Waals surface area (Å²) in [6.07, 6.45) is 0. The van der Waals surface area contributed by atoms with Crippen LogP contribution in [0.15, 0.2) is 0 Å². The van der Waals surface area contributed by atoms with Gasteiger partial charge in [0.15, 0.2) is 0 Å². The lowest BCUT2D eigenvalue weighted by atomic mass is 9.98. The van der Waals surface area contributed by atoms with Crippen LogP contribution < -0.4 is 11.1 Å². The number of carbonyl (C=O) groups is 3. The third-order valence-electron chi connectivity index (χ3n) is 3.24. The van der Waals surface area contributed by atoms with E-state index in [4.69, 9.17) is 15.2 Å². The Morgan fingerprint density at radius 2 is 1.52 bits per heavy atom. The molecule has 134 valence electrons. The molecule has 0 aromatic carbocycles. The molecule has 3 N–H and O–H groups in total. The highest BCUT2D eigenvalue weighted by Crippen LogP contribution is 2.15. The van der Waals surface area contributed by atoms with Crippen LogP contribution in [0, 0.1) is 17.3 Å². The summed E-state index contributed by atoms with van der Waals surface area (Å²) in [6.45, 7) is 11.8. The molecule has 0 aliphatic heterocycles. The van der Waals surface area contributed by atoms with Gasteiger partial charge in [0.2, 0.25) is 12.7 Å². The lowest BCUT2D eigenvalue weighted by Gasteiger charge is -2.24. The molecule has 0 radical (unpaired) electrons. The largest absolute Gasteiger partial charge is 0.427 e. The van der Waals surface area contributed by atoms with E-state index in [9.17, 15) is 14.4 Å². The molecule has 7 nitrogen and oxygen atoms in total. The second kappa shape index (κ2) is 8.86. The zero-order valence-corrected chi connectivity index (χ0v) is 15.1. The normalized spacial score (nSPS) is 14.3. The van der Waals surface area contributed by atoms with Crippen LogP contribution in [0.4, 0.5) is 0 Å². The molecule has 0 rings (SSSR count). The Hall–Kier alpha value is -1.63. The standard InChI is InChI=1S/C16H30N2O5/c1-9(2)11(17)13(19)18-12(10(3)4)14(20)22-8-23-15(21)16(5,6)7/h9-12H,8,17H2,1-7H3,(H,18,19). The Morgan fingerprint density at radius 3 is 1.91 bits per heavy atom. The predicted molar refractivity (Wildman–Crippen MR) is 86.1 cm³/mol. The molecular weight excluding hydrogens is 300 g/mol. The van der Waals surface area contributed by atoms with Crippen molar-refractivity contribution in [3.05, 3.63) is 0 Å². The number of amides is 1. The van der Waals surface area contributed by atoms with E-state index in [-0.39, 0.29) is 11.8 Å². The van der Waals surface area contributed by atoms with Crippen molar-refractivity contribution in [3.8, 4) is 0 Å². The molecule has 0 bridgehead atoms. The van der Waals surface area contributed by atoms with Crippen LogP contribution in [0.2, 0.25) is 0 Å². The minimum atomic E-state index is -0.847. The fourth-order valence-corrected chi connectivity index (χ4v) is 1.50. The number of ether oxygens (including phenoxy) is 2. The van der Waals surface area contributed by atoms with Crippen LogP contribution in [0.1, 0.15) is 48.5 Å². The number of carbonyl (C=O) groups excluding carboxylic acids is 3. The van der Waals surface area contributed by atoms with Crippen LogP contribution in [0.25, 0.3) is 0 Å². The van der Waals surface area contributed by atoms with E-state index in [0.29, 0.717) is 0 Å².